The second-order valence-electron chi connectivity index (χ2n) is 5.99. The van der Waals surface area contributed by atoms with E-state index in [0.29, 0.717) is 6.54 Å². The number of fused-ring (bicyclic) bond motifs is 1. The summed E-state index contributed by atoms with van der Waals surface area (Å²) >= 11 is 0. The van der Waals surface area contributed by atoms with E-state index < -0.39 is 0 Å². The van der Waals surface area contributed by atoms with Crippen LogP contribution in [0.2, 0.25) is 0 Å². The van der Waals surface area contributed by atoms with Crippen molar-refractivity contribution in [3.05, 3.63) is 29.6 Å². The number of rotatable bonds is 2. The number of amides is 2. The Hall–Kier alpha value is -1.91. The van der Waals surface area contributed by atoms with Crippen LogP contribution in [-0.2, 0) is 16.1 Å². The average molecular weight is 287 g/mol. The molecule has 0 radical (unpaired) electrons. The van der Waals surface area contributed by atoms with Gasteiger partial charge in [0.2, 0.25) is 11.8 Å². The van der Waals surface area contributed by atoms with Crippen LogP contribution in [0, 0.1) is 6.92 Å². The van der Waals surface area contributed by atoms with Gasteiger partial charge in [-0.3, -0.25) is 14.6 Å². The molecule has 5 nitrogen and oxygen atoms in total. The fraction of sp³-hybridized carbons (Fsp3) is 0.562. The Kier molecular flexibility index (Phi) is 3.66. The van der Waals surface area contributed by atoms with Crippen molar-refractivity contribution in [3.63, 3.8) is 0 Å². The van der Waals surface area contributed by atoms with Gasteiger partial charge in [0.25, 0.3) is 0 Å². The molecule has 2 unspecified atom stereocenters. The number of aromatic nitrogens is 1. The Morgan fingerprint density at radius 1 is 1.29 bits per heavy atom. The monoisotopic (exact) mass is 287 g/mol. The normalized spacial score (nSPS) is 26.0. The SMILES string of the molecule is Cc1cnccc1CN1C(=O)C2CCCCN2C(=O)C1C. The fourth-order valence-corrected chi connectivity index (χ4v) is 3.29. The van der Waals surface area contributed by atoms with Gasteiger partial charge in [-0.1, -0.05) is 0 Å². The van der Waals surface area contributed by atoms with Crippen molar-refractivity contribution in [1.82, 2.24) is 14.8 Å². The molecule has 1 aromatic rings. The van der Waals surface area contributed by atoms with E-state index in [4.69, 9.17) is 0 Å². The van der Waals surface area contributed by atoms with Gasteiger partial charge in [0.05, 0.1) is 0 Å². The van der Waals surface area contributed by atoms with Crippen LogP contribution in [0.3, 0.4) is 0 Å². The largest absolute Gasteiger partial charge is 0.329 e. The van der Waals surface area contributed by atoms with E-state index in [0.717, 1.165) is 36.9 Å². The van der Waals surface area contributed by atoms with E-state index in [-0.39, 0.29) is 23.9 Å². The van der Waals surface area contributed by atoms with E-state index in [9.17, 15) is 9.59 Å². The van der Waals surface area contributed by atoms with E-state index >= 15 is 0 Å². The van der Waals surface area contributed by atoms with Gasteiger partial charge in [-0.15, -0.1) is 0 Å². The minimum Gasteiger partial charge on any atom is -0.329 e. The molecular weight excluding hydrogens is 266 g/mol. The molecule has 0 aliphatic carbocycles. The highest BCUT2D eigenvalue weighted by Crippen LogP contribution is 2.27. The number of nitrogens with zero attached hydrogens (tertiary/aromatic N) is 3. The number of carbonyl (C=O) groups is 2. The van der Waals surface area contributed by atoms with Gasteiger partial charge >= 0.3 is 0 Å². The number of hydrogen-bond acceptors (Lipinski definition) is 3. The first kappa shape index (κ1) is 14.0. The van der Waals surface area contributed by atoms with Gasteiger partial charge in [-0.05, 0) is 50.3 Å². The molecule has 5 heteroatoms. The zero-order chi connectivity index (χ0) is 15.0. The van der Waals surface area contributed by atoms with Crippen LogP contribution in [0.1, 0.15) is 37.3 Å². The van der Waals surface area contributed by atoms with Gasteiger partial charge in [0, 0.05) is 25.5 Å². The second kappa shape index (κ2) is 5.47. The van der Waals surface area contributed by atoms with Gasteiger partial charge in [0.1, 0.15) is 12.1 Å². The molecule has 2 fully saturated rings. The first-order valence-electron chi connectivity index (χ1n) is 7.60. The number of piperidine rings is 1. The highest BCUT2D eigenvalue weighted by atomic mass is 16.2. The standard InChI is InChI=1S/C16H21N3O2/c1-11-9-17-7-6-13(11)10-19-12(2)15(20)18-8-4-3-5-14(18)16(19)21/h6-7,9,12,14H,3-5,8,10H2,1-2H3. The number of hydrogen-bond donors (Lipinski definition) is 0. The van der Waals surface area contributed by atoms with Crippen molar-refractivity contribution in [2.45, 2.75) is 51.7 Å². The van der Waals surface area contributed by atoms with E-state index in [1.807, 2.05) is 19.9 Å². The highest BCUT2D eigenvalue weighted by Gasteiger charge is 2.44. The summed E-state index contributed by atoms with van der Waals surface area (Å²) in [6, 6.07) is 1.30. The third-order valence-corrected chi connectivity index (χ3v) is 4.66. The molecule has 2 amide bonds. The van der Waals surface area contributed by atoms with Gasteiger partial charge in [0.15, 0.2) is 0 Å². The van der Waals surface area contributed by atoms with Crippen LogP contribution >= 0.6 is 0 Å². The molecule has 2 atom stereocenters. The van der Waals surface area contributed by atoms with E-state index in [1.165, 1.54) is 0 Å². The van der Waals surface area contributed by atoms with Gasteiger partial charge in [-0.25, -0.2) is 0 Å². The summed E-state index contributed by atoms with van der Waals surface area (Å²) in [5.74, 6) is 0.184. The first-order valence-corrected chi connectivity index (χ1v) is 7.60. The Morgan fingerprint density at radius 3 is 2.86 bits per heavy atom. The van der Waals surface area contributed by atoms with Gasteiger partial charge < -0.3 is 9.80 Å². The Balaban J connectivity index is 1.86. The van der Waals surface area contributed by atoms with Gasteiger partial charge in [-0.2, -0.15) is 0 Å². The zero-order valence-corrected chi connectivity index (χ0v) is 12.6. The first-order chi connectivity index (χ1) is 10.1. The smallest absolute Gasteiger partial charge is 0.246 e. The molecule has 0 spiro atoms. The van der Waals surface area contributed by atoms with Crippen molar-refractivity contribution < 1.29 is 9.59 Å². The highest BCUT2D eigenvalue weighted by molar-refractivity contribution is 5.96. The molecule has 0 aromatic carbocycles. The lowest BCUT2D eigenvalue weighted by atomic mass is 9.95. The summed E-state index contributed by atoms with van der Waals surface area (Å²) in [5.41, 5.74) is 2.11. The Bertz CT molecular complexity index is 572. The second-order valence-corrected chi connectivity index (χ2v) is 5.99. The molecule has 2 saturated heterocycles. The molecule has 21 heavy (non-hydrogen) atoms. The molecule has 1 aromatic heterocycles. The average Bonchev–Trinajstić information content (AvgIpc) is 2.51. The summed E-state index contributed by atoms with van der Waals surface area (Å²) in [6.07, 6.45) is 6.35. The summed E-state index contributed by atoms with van der Waals surface area (Å²) in [6.45, 7) is 5.03. The summed E-state index contributed by atoms with van der Waals surface area (Å²) in [5, 5.41) is 0. The molecule has 3 rings (SSSR count). The zero-order valence-electron chi connectivity index (χ0n) is 12.6. The number of pyridine rings is 1. The van der Waals surface area contributed by atoms with E-state index in [1.54, 1.807) is 22.2 Å². The molecule has 0 N–H and O–H groups in total. The Morgan fingerprint density at radius 2 is 2.10 bits per heavy atom. The minimum atomic E-state index is -0.376. The van der Waals surface area contributed by atoms with Crippen molar-refractivity contribution in [3.8, 4) is 0 Å². The number of carbonyl (C=O) groups excluding carboxylic acids is 2. The lowest BCUT2D eigenvalue weighted by molar-refractivity contribution is -0.163. The van der Waals surface area contributed by atoms with Crippen molar-refractivity contribution in [2.24, 2.45) is 0 Å². The predicted octanol–water partition coefficient (Wildman–Crippen LogP) is 1.50. The molecule has 2 aliphatic rings. The summed E-state index contributed by atoms with van der Waals surface area (Å²) < 4.78 is 0. The van der Waals surface area contributed by atoms with Crippen LogP contribution in [0.4, 0.5) is 0 Å². The topological polar surface area (TPSA) is 53.5 Å². The predicted molar refractivity (Wildman–Crippen MR) is 78.3 cm³/mol. The van der Waals surface area contributed by atoms with E-state index in [2.05, 4.69) is 4.98 Å². The third-order valence-electron chi connectivity index (χ3n) is 4.66. The number of piperazine rings is 1. The van der Waals surface area contributed by atoms with Crippen LogP contribution < -0.4 is 0 Å². The third kappa shape index (κ3) is 2.41. The minimum absolute atomic E-state index is 0.0889. The molecule has 2 aliphatic heterocycles. The number of aryl methyl sites for hydroxylation is 1. The molecule has 3 heterocycles. The maximum Gasteiger partial charge on any atom is 0.246 e. The fourth-order valence-electron chi connectivity index (χ4n) is 3.29. The van der Waals surface area contributed by atoms with Crippen LogP contribution in [-0.4, -0.2) is 45.2 Å². The molecule has 112 valence electrons. The lowest BCUT2D eigenvalue weighted by Gasteiger charge is -2.46. The molecule has 0 bridgehead atoms. The van der Waals surface area contributed by atoms with Crippen LogP contribution in [0.25, 0.3) is 0 Å². The maximum absolute atomic E-state index is 12.7. The molecule has 0 saturated carbocycles. The molecular formula is C16H21N3O2. The van der Waals surface area contributed by atoms with Crippen molar-refractivity contribution in [1.29, 1.82) is 0 Å². The summed E-state index contributed by atoms with van der Waals surface area (Å²) in [4.78, 5) is 32.9. The van der Waals surface area contributed by atoms with Crippen molar-refractivity contribution >= 4 is 11.8 Å². The maximum atomic E-state index is 12.7. The van der Waals surface area contributed by atoms with Crippen LogP contribution in [0.15, 0.2) is 18.5 Å². The van der Waals surface area contributed by atoms with Crippen molar-refractivity contribution in [2.75, 3.05) is 6.54 Å². The quantitative estimate of drug-likeness (QED) is 0.828. The summed E-state index contributed by atoms with van der Waals surface area (Å²) in [7, 11) is 0. The van der Waals surface area contributed by atoms with Crippen LogP contribution in [0.5, 0.6) is 0 Å². The lowest BCUT2D eigenvalue weighted by Crippen LogP contribution is -2.64. The Labute approximate surface area is 124 Å².